The number of benzene rings is 2. The monoisotopic (exact) mass is 794 g/mol. The minimum Gasteiger partial charge on any atom is -0.444 e. The average Bonchev–Trinajstić information content (AvgIpc) is 3.42. The van der Waals surface area contributed by atoms with Gasteiger partial charge in [-0.2, -0.15) is 0 Å². The number of carbonyl (C=O) groups is 5. The summed E-state index contributed by atoms with van der Waals surface area (Å²) >= 11 is 0. The van der Waals surface area contributed by atoms with Gasteiger partial charge in [0.25, 0.3) is 21.6 Å². The summed E-state index contributed by atoms with van der Waals surface area (Å²) in [5, 5.41) is 16.5. The highest BCUT2D eigenvalue weighted by molar-refractivity contribution is 7.90. The number of rotatable bonds is 6. The van der Waals surface area contributed by atoms with Crippen LogP contribution in [0.4, 0.5) is 15.3 Å². The summed E-state index contributed by atoms with van der Waals surface area (Å²) in [7, 11) is -4.53. The van der Waals surface area contributed by atoms with Gasteiger partial charge in [-0.3, -0.25) is 29.4 Å². The first-order valence-electron chi connectivity index (χ1n) is 18.6. The SMILES string of the molecule is CC(C)(C)OC(=O)N[C@H]1CCCCCC=C[C@H]2C[C@@]2(C(=O)NS(=O)(=O)c2ccc([N+](=O)[O-])cc2)NC(=O)[C@@H]2C[C@@H](OC(=O)N3Cc4ccccc4C3)CN2C1=O. The molecule has 300 valence electrons. The Morgan fingerprint density at radius 2 is 1.68 bits per heavy atom. The van der Waals surface area contributed by atoms with E-state index in [1.54, 1.807) is 26.8 Å². The third-order valence-electron chi connectivity index (χ3n) is 10.3. The lowest BCUT2D eigenvalue weighted by atomic mass is 10.0. The Bertz CT molecular complexity index is 2010. The van der Waals surface area contributed by atoms with Crippen molar-refractivity contribution in [2.75, 3.05) is 6.54 Å². The zero-order valence-corrected chi connectivity index (χ0v) is 32.2. The first kappa shape index (κ1) is 40.2. The zero-order chi connectivity index (χ0) is 40.4. The fourth-order valence-corrected chi connectivity index (χ4v) is 8.35. The number of allylic oxidation sites excluding steroid dienone is 1. The predicted molar refractivity (Wildman–Crippen MR) is 199 cm³/mol. The highest BCUT2D eigenvalue weighted by Crippen LogP contribution is 2.46. The summed E-state index contributed by atoms with van der Waals surface area (Å²) in [6.45, 7) is 5.52. The van der Waals surface area contributed by atoms with Gasteiger partial charge >= 0.3 is 12.2 Å². The number of nitro groups is 1. The average molecular weight is 795 g/mol. The van der Waals surface area contributed by atoms with Crippen molar-refractivity contribution >= 4 is 45.6 Å². The molecule has 2 aromatic rings. The van der Waals surface area contributed by atoms with Crippen LogP contribution in [0, 0.1) is 16.0 Å². The van der Waals surface area contributed by atoms with E-state index in [1.807, 2.05) is 35.1 Å². The van der Waals surface area contributed by atoms with Gasteiger partial charge in [-0.25, -0.2) is 22.7 Å². The van der Waals surface area contributed by atoms with E-state index in [-0.39, 0.29) is 31.5 Å². The number of hydrogen-bond acceptors (Lipinski definition) is 11. The summed E-state index contributed by atoms with van der Waals surface area (Å²) in [6.07, 6.45) is 3.91. The molecule has 0 radical (unpaired) electrons. The van der Waals surface area contributed by atoms with E-state index in [0.29, 0.717) is 38.8 Å². The van der Waals surface area contributed by atoms with Crippen molar-refractivity contribution < 1.29 is 46.8 Å². The lowest BCUT2D eigenvalue weighted by molar-refractivity contribution is -0.384. The summed E-state index contributed by atoms with van der Waals surface area (Å²) in [6, 6.07) is 9.20. The third kappa shape index (κ3) is 9.12. The molecular weight excluding hydrogens is 749 g/mol. The molecule has 18 heteroatoms. The van der Waals surface area contributed by atoms with E-state index >= 15 is 0 Å². The smallest absolute Gasteiger partial charge is 0.410 e. The maximum Gasteiger partial charge on any atom is 0.410 e. The summed E-state index contributed by atoms with van der Waals surface area (Å²) in [4.78, 5) is 81.7. The van der Waals surface area contributed by atoms with Crippen LogP contribution in [0.3, 0.4) is 0 Å². The number of non-ortho nitro benzene ring substituents is 1. The van der Waals surface area contributed by atoms with Crippen LogP contribution in [0.2, 0.25) is 0 Å². The van der Waals surface area contributed by atoms with E-state index in [0.717, 1.165) is 35.4 Å². The van der Waals surface area contributed by atoms with Gasteiger partial charge in [0.05, 0.1) is 16.4 Å². The van der Waals surface area contributed by atoms with Crippen LogP contribution in [0.5, 0.6) is 0 Å². The molecule has 5 atom stereocenters. The van der Waals surface area contributed by atoms with Crippen molar-refractivity contribution in [2.45, 2.75) is 113 Å². The van der Waals surface area contributed by atoms with Crippen molar-refractivity contribution in [3.63, 3.8) is 0 Å². The molecule has 56 heavy (non-hydrogen) atoms. The normalized spacial score (nSPS) is 25.3. The van der Waals surface area contributed by atoms with E-state index in [1.165, 1.54) is 9.80 Å². The lowest BCUT2D eigenvalue weighted by Crippen LogP contribution is -2.58. The van der Waals surface area contributed by atoms with Crippen molar-refractivity contribution in [1.29, 1.82) is 0 Å². The molecule has 0 bridgehead atoms. The fourth-order valence-electron chi connectivity index (χ4n) is 7.31. The quantitative estimate of drug-likeness (QED) is 0.217. The number of alkyl carbamates (subject to hydrolysis) is 1. The number of nitro benzene ring substituents is 1. The molecule has 1 saturated carbocycles. The standard InChI is InChI=1S/C38H46N6O11S/c1-37(2,3)55-35(48)39-30-14-8-6-4-5-7-13-26-20-38(26,34(47)41-56(52,53)29-17-15-27(16-18-29)44(50)51)40-32(45)31-19-28(23-43(31)33(30)46)54-36(49)42-21-24-11-9-10-12-25(24)22-42/h7,9-13,15-18,26,28,30-31H,4-6,8,14,19-23H2,1-3H3,(H,39,48)(H,40,45)(H,41,47)/t26-,28+,30-,31-,38+/m0/s1. The highest BCUT2D eigenvalue weighted by Gasteiger charge is 2.61. The zero-order valence-electron chi connectivity index (χ0n) is 31.4. The molecule has 0 aromatic heterocycles. The summed E-state index contributed by atoms with van der Waals surface area (Å²) < 4.78 is 39.9. The van der Waals surface area contributed by atoms with Crippen LogP contribution in [0.15, 0.2) is 65.6 Å². The number of amides is 5. The number of nitrogens with zero attached hydrogens (tertiary/aromatic N) is 3. The summed E-state index contributed by atoms with van der Waals surface area (Å²) in [5.74, 6) is -3.01. The number of hydrogen-bond donors (Lipinski definition) is 3. The van der Waals surface area contributed by atoms with Crippen LogP contribution in [0.25, 0.3) is 0 Å². The molecular formula is C38H46N6O11S. The maximum atomic E-state index is 14.4. The van der Waals surface area contributed by atoms with Gasteiger partial charge in [0.15, 0.2) is 0 Å². The largest absolute Gasteiger partial charge is 0.444 e. The second kappa shape index (κ2) is 15.9. The Kier molecular flexibility index (Phi) is 11.4. The maximum absolute atomic E-state index is 14.4. The molecule has 3 aliphatic heterocycles. The number of sulfonamides is 1. The van der Waals surface area contributed by atoms with Gasteiger partial charge in [0, 0.05) is 37.6 Å². The van der Waals surface area contributed by atoms with Crippen molar-refractivity contribution in [3.8, 4) is 0 Å². The predicted octanol–water partition coefficient (Wildman–Crippen LogP) is 3.81. The first-order valence-corrected chi connectivity index (χ1v) is 20.1. The first-order chi connectivity index (χ1) is 26.5. The van der Waals surface area contributed by atoms with E-state index in [9.17, 15) is 42.5 Å². The third-order valence-corrected chi connectivity index (χ3v) is 11.6. The Balaban J connectivity index is 1.26. The molecule has 6 rings (SSSR count). The molecule has 2 fully saturated rings. The minimum atomic E-state index is -4.53. The molecule has 0 unspecified atom stereocenters. The van der Waals surface area contributed by atoms with Gasteiger partial charge in [0.2, 0.25) is 11.8 Å². The topological polar surface area (TPSA) is 224 Å². The second-order valence-corrected chi connectivity index (χ2v) is 17.3. The second-order valence-electron chi connectivity index (χ2n) is 15.6. The summed E-state index contributed by atoms with van der Waals surface area (Å²) in [5.41, 5.74) is -0.974. The van der Waals surface area contributed by atoms with Crippen molar-refractivity contribution in [1.82, 2.24) is 25.2 Å². The van der Waals surface area contributed by atoms with Crippen LogP contribution in [-0.4, -0.2) is 88.9 Å². The molecule has 17 nitrogen and oxygen atoms in total. The van der Waals surface area contributed by atoms with Crippen LogP contribution < -0.4 is 15.4 Å². The van der Waals surface area contributed by atoms with Crippen LogP contribution in [0.1, 0.15) is 76.8 Å². The van der Waals surface area contributed by atoms with Gasteiger partial charge in [-0.15, -0.1) is 0 Å². The van der Waals surface area contributed by atoms with Crippen molar-refractivity contribution in [2.24, 2.45) is 5.92 Å². The molecule has 1 saturated heterocycles. The molecule has 0 spiro atoms. The van der Waals surface area contributed by atoms with Crippen LogP contribution in [-0.2, 0) is 47.0 Å². The minimum absolute atomic E-state index is 0.0499. The van der Waals surface area contributed by atoms with Crippen LogP contribution >= 0.6 is 0 Å². The van der Waals surface area contributed by atoms with E-state index in [4.69, 9.17) is 9.47 Å². The number of carbonyl (C=O) groups excluding carboxylic acids is 5. The molecule has 5 amide bonds. The Morgan fingerprint density at radius 1 is 1.00 bits per heavy atom. The molecule has 2 aromatic carbocycles. The van der Waals surface area contributed by atoms with Gasteiger partial charge in [0.1, 0.15) is 29.3 Å². The lowest BCUT2D eigenvalue weighted by Gasteiger charge is -2.30. The molecule has 4 aliphatic rings. The van der Waals surface area contributed by atoms with Gasteiger partial charge in [-0.05, 0) is 69.7 Å². The Hall–Kier alpha value is -5.52. The Labute approximate surface area is 324 Å². The molecule has 3 heterocycles. The van der Waals surface area contributed by atoms with E-state index in [2.05, 4.69) is 10.6 Å². The molecule has 1 aliphatic carbocycles. The number of nitrogens with one attached hydrogen (secondary N) is 3. The van der Waals surface area contributed by atoms with E-state index < -0.39 is 85.0 Å². The van der Waals surface area contributed by atoms with Gasteiger partial charge in [-0.1, -0.05) is 49.3 Å². The Morgan fingerprint density at radius 3 is 2.32 bits per heavy atom. The highest BCUT2D eigenvalue weighted by atomic mass is 32.2. The number of fused-ring (bicyclic) bond motifs is 3. The number of ether oxygens (including phenoxy) is 2. The van der Waals surface area contributed by atoms with Crippen molar-refractivity contribution in [3.05, 3.63) is 81.9 Å². The van der Waals surface area contributed by atoms with Gasteiger partial charge < -0.3 is 25.0 Å². The fraction of sp³-hybridized carbons (Fsp3) is 0.500. The molecule has 3 N–H and O–H groups in total.